The highest BCUT2D eigenvalue weighted by Gasteiger charge is 2.59. The molecule has 1 aromatic heterocycles. The van der Waals surface area contributed by atoms with Crippen LogP contribution in [0.4, 0.5) is 4.79 Å². The molecule has 2 unspecified atom stereocenters. The van der Waals surface area contributed by atoms with Crippen LogP contribution in [0.25, 0.3) is 0 Å². The zero-order valence-electron chi connectivity index (χ0n) is 15.0. The Kier molecular flexibility index (Phi) is 5.13. The van der Waals surface area contributed by atoms with Crippen LogP contribution in [0.15, 0.2) is 4.52 Å². The fourth-order valence-electron chi connectivity index (χ4n) is 4.18. The Morgan fingerprint density at radius 2 is 2.21 bits per heavy atom. The van der Waals surface area contributed by atoms with E-state index in [0.717, 1.165) is 42.9 Å². The molecular weight excluding hydrogens is 306 g/mol. The van der Waals surface area contributed by atoms with Crippen molar-refractivity contribution in [2.24, 2.45) is 5.41 Å². The molecule has 2 saturated carbocycles. The smallest absolute Gasteiger partial charge is 0.315 e. The van der Waals surface area contributed by atoms with Gasteiger partial charge in [0, 0.05) is 30.2 Å². The Balaban J connectivity index is 1.38. The molecule has 1 aromatic rings. The largest absolute Gasteiger partial charge is 0.378 e. The summed E-state index contributed by atoms with van der Waals surface area (Å²) in [7, 11) is 0. The number of hydrogen-bond acceptors (Lipinski definition) is 4. The maximum atomic E-state index is 12.1. The first-order chi connectivity index (χ1) is 11.6. The first-order valence-electron chi connectivity index (χ1n) is 9.14. The van der Waals surface area contributed by atoms with E-state index in [0.29, 0.717) is 12.6 Å². The summed E-state index contributed by atoms with van der Waals surface area (Å²) >= 11 is 0. The average Bonchev–Trinajstić information content (AvgIpc) is 2.80. The molecule has 2 amide bonds. The van der Waals surface area contributed by atoms with Crippen LogP contribution >= 0.6 is 0 Å². The summed E-state index contributed by atoms with van der Waals surface area (Å²) in [5.41, 5.74) is 2.31. The molecule has 134 valence electrons. The Labute approximate surface area is 143 Å². The van der Waals surface area contributed by atoms with Crippen LogP contribution in [0.2, 0.25) is 0 Å². The first-order valence-corrected chi connectivity index (χ1v) is 9.14. The van der Waals surface area contributed by atoms with Crippen LogP contribution in [0.3, 0.4) is 0 Å². The van der Waals surface area contributed by atoms with Gasteiger partial charge in [0.2, 0.25) is 0 Å². The molecule has 2 fully saturated rings. The minimum Gasteiger partial charge on any atom is -0.378 e. The van der Waals surface area contributed by atoms with Gasteiger partial charge in [-0.2, -0.15) is 0 Å². The van der Waals surface area contributed by atoms with Gasteiger partial charge in [-0.25, -0.2) is 4.79 Å². The number of ether oxygens (including phenoxy) is 1. The van der Waals surface area contributed by atoms with Crippen LogP contribution in [0, 0.1) is 19.3 Å². The standard InChI is InChI=1S/C18H29N3O3/c1-4-23-16-11-15(18(16)8-6-9-18)20-17(22)19-10-5-7-14-12(2)21-24-13(14)3/h15-16H,4-11H2,1-3H3,(H2,19,20,22). The van der Waals surface area contributed by atoms with Crippen molar-refractivity contribution in [3.8, 4) is 0 Å². The monoisotopic (exact) mass is 335 g/mol. The normalized spacial score (nSPS) is 24.3. The number of nitrogens with one attached hydrogen (secondary N) is 2. The summed E-state index contributed by atoms with van der Waals surface area (Å²) in [6, 6.07) is 0.213. The first kappa shape index (κ1) is 17.3. The van der Waals surface area contributed by atoms with E-state index in [4.69, 9.17) is 9.26 Å². The Morgan fingerprint density at radius 1 is 1.42 bits per heavy atom. The predicted octanol–water partition coefficient (Wildman–Crippen LogP) is 2.87. The van der Waals surface area contributed by atoms with E-state index in [1.807, 2.05) is 20.8 Å². The summed E-state index contributed by atoms with van der Waals surface area (Å²) < 4.78 is 11.0. The van der Waals surface area contributed by atoms with E-state index in [1.165, 1.54) is 19.3 Å². The molecule has 2 N–H and O–H groups in total. The lowest BCUT2D eigenvalue weighted by molar-refractivity contribution is -0.169. The second-order valence-corrected chi connectivity index (χ2v) is 7.13. The van der Waals surface area contributed by atoms with Crippen molar-refractivity contribution in [1.82, 2.24) is 15.8 Å². The highest BCUT2D eigenvalue weighted by atomic mass is 16.5. The van der Waals surface area contributed by atoms with Crippen LogP contribution in [0.5, 0.6) is 0 Å². The minimum atomic E-state index is -0.0556. The Hall–Kier alpha value is -1.56. The number of aryl methyl sites for hydroxylation is 2. The number of urea groups is 1. The number of aromatic nitrogens is 1. The summed E-state index contributed by atoms with van der Waals surface area (Å²) in [6.07, 6.45) is 6.64. The van der Waals surface area contributed by atoms with Gasteiger partial charge in [-0.3, -0.25) is 0 Å². The third-order valence-corrected chi connectivity index (χ3v) is 5.81. The molecule has 0 bridgehead atoms. The van der Waals surface area contributed by atoms with Gasteiger partial charge in [-0.15, -0.1) is 0 Å². The Bertz CT molecular complexity index is 561. The lowest BCUT2D eigenvalue weighted by atomic mass is 9.51. The number of carbonyl (C=O) groups is 1. The van der Waals surface area contributed by atoms with Gasteiger partial charge in [0.05, 0.1) is 11.8 Å². The number of carbonyl (C=O) groups excluding carboxylic acids is 1. The highest BCUT2D eigenvalue weighted by Crippen LogP contribution is 2.57. The van der Waals surface area contributed by atoms with Crippen LogP contribution in [-0.4, -0.2) is 36.5 Å². The highest BCUT2D eigenvalue weighted by molar-refractivity contribution is 5.74. The molecule has 0 aromatic carbocycles. The van der Waals surface area contributed by atoms with E-state index >= 15 is 0 Å². The van der Waals surface area contributed by atoms with Crippen molar-refractivity contribution in [2.75, 3.05) is 13.2 Å². The van der Waals surface area contributed by atoms with Crippen molar-refractivity contribution < 1.29 is 14.1 Å². The molecule has 0 radical (unpaired) electrons. The second kappa shape index (κ2) is 7.13. The van der Waals surface area contributed by atoms with Gasteiger partial charge in [0.25, 0.3) is 0 Å². The van der Waals surface area contributed by atoms with Crippen molar-refractivity contribution in [2.45, 2.75) is 71.4 Å². The molecule has 6 nitrogen and oxygen atoms in total. The van der Waals surface area contributed by atoms with Gasteiger partial charge in [0.1, 0.15) is 5.76 Å². The quantitative estimate of drug-likeness (QED) is 0.751. The maximum absolute atomic E-state index is 12.1. The average molecular weight is 335 g/mol. The zero-order valence-corrected chi connectivity index (χ0v) is 15.0. The van der Waals surface area contributed by atoms with E-state index in [-0.39, 0.29) is 17.5 Å². The van der Waals surface area contributed by atoms with Gasteiger partial charge >= 0.3 is 6.03 Å². The summed E-state index contributed by atoms with van der Waals surface area (Å²) in [5, 5.41) is 10.1. The summed E-state index contributed by atoms with van der Waals surface area (Å²) in [6.45, 7) is 7.34. The molecule has 3 rings (SSSR count). The third-order valence-electron chi connectivity index (χ3n) is 5.81. The van der Waals surface area contributed by atoms with Crippen molar-refractivity contribution >= 4 is 6.03 Å². The van der Waals surface area contributed by atoms with Crippen molar-refractivity contribution in [3.63, 3.8) is 0 Å². The van der Waals surface area contributed by atoms with E-state index in [9.17, 15) is 4.79 Å². The van der Waals surface area contributed by atoms with Crippen LogP contribution < -0.4 is 10.6 Å². The molecule has 2 aliphatic rings. The minimum absolute atomic E-state index is 0.0556. The third kappa shape index (κ3) is 3.16. The van der Waals surface area contributed by atoms with Crippen molar-refractivity contribution in [1.29, 1.82) is 0 Å². The fourth-order valence-corrected chi connectivity index (χ4v) is 4.18. The summed E-state index contributed by atoms with van der Waals surface area (Å²) in [4.78, 5) is 12.1. The Morgan fingerprint density at radius 3 is 2.79 bits per heavy atom. The molecule has 2 atom stereocenters. The molecule has 6 heteroatoms. The molecule has 24 heavy (non-hydrogen) atoms. The van der Waals surface area contributed by atoms with Crippen LogP contribution in [0.1, 0.15) is 56.0 Å². The second-order valence-electron chi connectivity index (χ2n) is 7.13. The number of nitrogens with zero attached hydrogens (tertiary/aromatic N) is 1. The number of hydrogen-bond donors (Lipinski definition) is 2. The molecular formula is C18H29N3O3. The molecule has 0 saturated heterocycles. The van der Waals surface area contributed by atoms with Crippen LogP contribution in [-0.2, 0) is 11.2 Å². The molecule has 2 aliphatic carbocycles. The lowest BCUT2D eigenvalue weighted by Crippen LogP contribution is -2.68. The van der Waals surface area contributed by atoms with Gasteiger partial charge in [-0.1, -0.05) is 11.6 Å². The molecule has 1 spiro atoms. The molecule has 1 heterocycles. The van der Waals surface area contributed by atoms with E-state index in [1.54, 1.807) is 0 Å². The van der Waals surface area contributed by atoms with Gasteiger partial charge in [-0.05, 0) is 52.9 Å². The van der Waals surface area contributed by atoms with Gasteiger partial charge < -0.3 is 19.9 Å². The van der Waals surface area contributed by atoms with Gasteiger partial charge in [0.15, 0.2) is 0 Å². The SMILES string of the molecule is CCOC1CC(NC(=O)NCCCc2c(C)noc2C)C12CCC2. The topological polar surface area (TPSA) is 76.4 Å². The predicted molar refractivity (Wildman–Crippen MR) is 90.9 cm³/mol. The number of rotatable bonds is 7. The lowest BCUT2D eigenvalue weighted by Gasteiger charge is -2.60. The van der Waals surface area contributed by atoms with E-state index < -0.39 is 0 Å². The molecule has 0 aliphatic heterocycles. The van der Waals surface area contributed by atoms with Crippen molar-refractivity contribution in [3.05, 3.63) is 17.0 Å². The number of amides is 2. The zero-order chi connectivity index (χ0) is 17.2. The summed E-state index contributed by atoms with van der Waals surface area (Å²) in [5.74, 6) is 0.875. The fraction of sp³-hybridized carbons (Fsp3) is 0.778. The maximum Gasteiger partial charge on any atom is 0.315 e. The van der Waals surface area contributed by atoms with E-state index in [2.05, 4.69) is 15.8 Å².